The van der Waals surface area contributed by atoms with Crippen molar-refractivity contribution in [3.8, 4) is 0 Å². The Bertz CT molecular complexity index is 959. The molecule has 0 aliphatic rings. The predicted octanol–water partition coefficient (Wildman–Crippen LogP) is 6.80. The zero-order valence-electron chi connectivity index (χ0n) is 16.5. The Morgan fingerprint density at radius 2 is 1.93 bits per heavy atom. The second-order valence-corrected chi connectivity index (χ2v) is 9.30. The number of ketones is 1. The molecular formula is C20H22Cl2N2O2S3. The first-order valence-corrected chi connectivity index (χ1v) is 11.9. The Balaban J connectivity index is 0.00000204. The van der Waals surface area contributed by atoms with Crippen LogP contribution in [-0.2, 0) is 10.5 Å². The van der Waals surface area contributed by atoms with Crippen LogP contribution in [0.5, 0.6) is 0 Å². The highest BCUT2D eigenvalue weighted by Crippen LogP contribution is 2.27. The molecule has 1 N–H and O–H groups in total. The van der Waals surface area contributed by atoms with Gasteiger partial charge in [-0.05, 0) is 30.7 Å². The standard InChI is InChI=1S/C18H16Cl2N2O2S3.C2H6/c1-3-15(23)16(27-10(2)25)7-12-8-17(24)22-18(21-12)26-9-11-4-5-13(19)14(20)6-11;1-2/h4-8H,3,9H2,1-2H3,(H,21,22,24);1-2H3/b16-7-;. The van der Waals surface area contributed by atoms with E-state index in [1.807, 2.05) is 19.9 Å². The van der Waals surface area contributed by atoms with Gasteiger partial charge in [0, 0.05) is 22.4 Å². The van der Waals surface area contributed by atoms with Gasteiger partial charge in [-0.15, -0.1) is 0 Å². The number of aromatic nitrogens is 2. The van der Waals surface area contributed by atoms with Crippen LogP contribution < -0.4 is 5.56 Å². The van der Waals surface area contributed by atoms with E-state index in [-0.39, 0.29) is 11.3 Å². The van der Waals surface area contributed by atoms with E-state index in [4.69, 9.17) is 35.4 Å². The first-order valence-electron chi connectivity index (χ1n) is 8.90. The molecule has 0 fully saturated rings. The van der Waals surface area contributed by atoms with Gasteiger partial charge in [0.1, 0.15) is 0 Å². The van der Waals surface area contributed by atoms with Crippen molar-refractivity contribution in [1.29, 1.82) is 0 Å². The largest absolute Gasteiger partial charge is 0.301 e. The molecule has 1 aromatic heterocycles. The molecule has 0 atom stereocenters. The molecule has 29 heavy (non-hydrogen) atoms. The number of H-pyrrole nitrogens is 1. The molecule has 2 rings (SSSR count). The first-order chi connectivity index (χ1) is 13.8. The maximum Gasteiger partial charge on any atom is 0.252 e. The second kappa shape index (κ2) is 13.2. The summed E-state index contributed by atoms with van der Waals surface area (Å²) in [4.78, 5) is 31.7. The van der Waals surface area contributed by atoms with Crippen molar-refractivity contribution >= 4 is 75.0 Å². The number of nitrogens with one attached hydrogen (secondary N) is 1. The lowest BCUT2D eigenvalue weighted by molar-refractivity contribution is -0.114. The molecule has 0 saturated carbocycles. The number of halogens is 2. The van der Waals surface area contributed by atoms with Gasteiger partial charge in [0.15, 0.2) is 10.9 Å². The van der Waals surface area contributed by atoms with Gasteiger partial charge < -0.3 is 4.98 Å². The van der Waals surface area contributed by atoms with Crippen molar-refractivity contribution in [2.45, 2.75) is 45.0 Å². The van der Waals surface area contributed by atoms with Crippen LogP contribution in [0.3, 0.4) is 0 Å². The summed E-state index contributed by atoms with van der Waals surface area (Å²) in [5, 5.41) is 1.42. The Morgan fingerprint density at radius 3 is 2.52 bits per heavy atom. The van der Waals surface area contributed by atoms with Crippen LogP contribution in [0.1, 0.15) is 45.4 Å². The van der Waals surface area contributed by atoms with Gasteiger partial charge in [0.2, 0.25) is 0 Å². The van der Waals surface area contributed by atoms with E-state index in [1.54, 1.807) is 32.1 Å². The Morgan fingerprint density at radius 1 is 1.24 bits per heavy atom. The van der Waals surface area contributed by atoms with Crippen molar-refractivity contribution in [1.82, 2.24) is 9.97 Å². The maximum absolute atomic E-state index is 12.1. The molecule has 1 aromatic carbocycles. The van der Waals surface area contributed by atoms with Gasteiger partial charge in [0.25, 0.3) is 5.56 Å². The van der Waals surface area contributed by atoms with Crippen LogP contribution in [0.4, 0.5) is 0 Å². The van der Waals surface area contributed by atoms with Crippen LogP contribution in [0.15, 0.2) is 39.1 Å². The number of aromatic amines is 1. The van der Waals surface area contributed by atoms with Gasteiger partial charge in [-0.1, -0.05) is 85.8 Å². The fourth-order valence-corrected chi connectivity index (χ4v) is 4.17. The number of hydrogen-bond acceptors (Lipinski definition) is 6. The normalized spacial score (nSPS) is 10.9. The van der Waals surface area contributed by atoms with Gasteiger partial charge in [-0.2, -0.15) is 0 Å². The predicted molar refractivity (Wildman–Crippen MR) is 131 cm³/mol. The molecule has 4 nitrogen and oxygen atoms in total. The van der Waals surface area contributed by atoms with E-state index in [0.29, 0.717) is 42.2 Å². The van der Waals surface area contributed by atoms with Crippen molar-refractivity contribution < 1.29 is 4.79 Å². The highest BCUT2D eigenvalue weighted by atomic mass is 35.5. The molecule has 0 amide bonds. The third-order valence-electron chi connectivity index (χ3n) is 3.23. The highest BCUT2D eigenvalue weighted by Gasteiger charge is 2.11. The Kier molecular flexibility index (Phi) is 11.8. The SMILES string of the molecule is CC.CCC(=O)/C(=C/c1cc(=O)[nH]c(SCc2ccc(Cl)c(Cl)c2)n1)SC(C)=S. The minimum Gasteiger partial charge on any atom is -0.301 e. The van der Waals surface area contributed by atoms with Crippen LogP contribution in [0, 0.1) is 0 Å². The van der Waals surface area contributed by atoms with Crippen LogP contribution in [0.25, 0.3) is 6.08 Å². The number of nitrogens with zero attached hydrogens (tertiary/aromatic N) is 1. The van der Waals surface area contributed by atoms with E-state index in [1.165, 1.54) is 29.6 Å². The van der Waals surface area contributed by atoms with E-state index in [9.17, 15) is 9.59 Å². The van der Waals surface area contributed by atoms with Crippen LogP contribution in [-0.4, -0.2) is 19.9 Å². The third-order valence-corrected chi connectivity index (χ3v) is 6.01. The minimum absolute atomic E-state index is 0.0451. The molecule has 156 valence electrons. The van der Waals surface area contributed by atoms with Crippen molar-refractivity contribution in [3.63, 3.8) is 0 Å². The van der Waals surface area contributed by atoms with Gasteiger partial charge in [-0.3, -0.25) is 9.59 Å². The van der Waals surface area contributed by atoms with Crippen LogP contribution in [0.2, 0.25) is 10.0 Å². The average Bonchev–Trinajstić information content (AvgIpc) is 2.68. The maximum atomic E-state index is 12.1. The number of thiocarbonyl (C=S) groups is 1. The van der Waals surface area contributed by atoms with Crippen molar-refractivity contribution in [2.24, 2.45) is 0 Å². The van der Waals surface area contributed by atoms with Gasteiger partial charge >= 0.3 is 0 Å². The fourth-order valence-electron chi connectivity index (χ4n) is 2.01. The van der Waals surface area contributed by atoms with Crippen molar-refractivity contribution in [3.05, 3.63) is 60.8 Å². The molecule has 0 unspecified atom stereocenters. The number of benzene rings is 1. The lowest BCUT2D eigenvalue weighted by atomic mass is 10.2. The summed E-state index contributed by atoms with van der Waals surface area (Å²) in [6.45, 7) is 7.53. The smallest absolute Gasteiger partial charge is 0.252 e. The highest BCUT2D eigenvalue weighted by molar-refractivity contribution is 8.26. The lowest BCUT2D eigenvalue weighted by Gasteiger charge is -2.06. The number of rotatable bonds is 7. The van der Waals surface area contributed by atoms with E-state index in [0.717, 1.165) is 5.56 Å². The Hall–Kier alpha value is -1.12. The summed E-state index contributed by atoms with van der Waals surface area (Å²) in [5.41, 5.74) is 1.07. The van der Waals surface area contributed by atoms with Gasteiger partial charge in [-0.25, -0.2) is 4.98 Å². The molecule has 0 radical (unpaired) electrons. The lowest BCUT2D eigenvalue weighted by Crippen LogP contribution is -2.09. The number of carbonyl (C=O) groups excluding carboxylic acids is 1. The molecule has 0 spiro atoms. The summed E-state index contributed by atoms with van der Waals surface area (Å²) >= 11 is 19.6. The van der Waals surface area contributed by atoms with E-state index < -0.39 is 0 Å². The molecule has 0 bridgehead atoms. The summed E-state index contributed by atoms with van der Waals surface area (Å²) in [7, 11) is 0. The zero-order chi connectivity index (χ0) is 22.0. The third kappa shape index (κ3) is 9.05. The zero-order valence-corrected chi connectivity index (χ0v) is 20.5. The molecule has 0 aliphatic heterocycles. The molecule has 0 saturated heterocycles. The molecule has 1 heterocycles. The first kappa shape index (κ1) is 25.9. The van der Waals surface area contributed by atoms with Gasteiger partial charge in [0.05, 0.1) is 20.6 Å². The summed E-state index contributed by atoms with van der Waals surface area (Å²) in [6, 6.07) is 6.71. The number of allylic oxidation sites excluding steroid dienone is 1. The second-order valence-electron chi connectivity index (χ2n) is 5.39. The number of carbonyl (C=O) groups is 1. The molecule has 9 heteroatoms. The Labute approximate surface area is 194 Å². The number of hydrogen-bond donors (Lipinski definition) is 1. The summed E-state index contributed by atoms with van der Waals surface area (Å²) in [5.74, 6) is 0.512. The summed E-state index contributed by atoms with van der Waals surface area (Å²) in [6.07, 6.45) is 1.95. The molecule has 2 aromatic rings. The molecule has 0 aliphatic carbocycles. The minimum atomic E-state index is -0.291. The average molecular weight is 490 g/mol. The quantitative estimate of drug-likeness (QED) is 0.200. The van der Waals surface area contributed by atoms with Crippen molar-refractivity contribution in [2.75, 3.05) is 0 Å². The molecular weight excluding hydrogens is 467 g/mol. The summed E-state index contributed by atoms with van der Waals surface area (Å²) < 4.78 is 0.627. The van der Waals surface area contributed by atoms with E-state index >= 15 is 0 Å². The number of Topliss-reactive ketones (excluding diaryl/α,β-unsaturated/α-hetero) is 1. The monoisotopic (exact) mass is 488 g/mol. The van der Waals surface area contributed by atoms with Crippen LogP contribution >= 0.6 is 58.9 Å². The fraction of sp³-hybridized carbons (Fsp3) is 0.300. The van der Waals surface area contributed by atoms with E-state index in [2.05, 4.69) is 9.97 Å². The number of thioether (sulfide) groups is 2. The topological polar surface area (TPSA) is 62.8 Å².